The fourth-order valence-electron chi connectivity index (χ4n) is 2.59. The third-order valence-corrected chi connectivity index (χ3v) is 4.62. The van der Waals surface area contributed by atoms with Gasteiger partial charge in [0.25, 0.3) is 5.91 Å². The van der Waals surface area contributed by atoms with Gasteiger partial charge in [0.2, 0.25) is 0 Å². The highest BCUT2D eigenvalue weighted by atomic mass is 32.1. The van der Waals surface area contributed by atoms with Crippen molar-refractivity contribution in [3.05, 3.63) is 45.5 Å². The molecule has 0 fully saturated rings. The van der Waals surface area contributed by atoms with Gasteiger partial charge >= 0.3 is 0 Å². The van der Waals surface area contributed by atoms with E-state index in [0.29, 0.717) is 0 Å². The van der Waals surface area contributed by atoms with Crippen molar-refractivity contribution in [2.45, 2.75) is 25.3 Å². The van der Waals surface area contributed by atoms with Crippen LogP contribution in [0.5, 0.6) is 0 Å². The van der Waals surface area contributed by atoms with E-state index in [1.54, 1.807) is 11.3 Å². The highest BCUT2D eigenvalue weighted by Crippen LogP contribution is 2.33. The molecule has 5 nitrogen and oxygen atoms in total. The summed E-state index contributed by atoms with van der Waals surface area (Å²) in [6.07, 6.45) is 4.28. The molecule has 0 aliphatic heterocycles. The summed E-state index contributed by atoms with van der Waals surface area (Å²) in [5, 5.41) is 4.93. The molecular weight excluding hydrogens is 291 g/mol. The number of anilines is 1. The maximum Gasteiger partial charge on any atom is 0.254 e. The van der Waals surface area contributed by atoms with Gasteiger partial charge < -0.3 is 10.7 Å². The molecule has 0 radical (unpaired) electrons. The van der Waals surface area contributed by atoms with E-state index in [4.69, 9.17) is 5.84 Å². The molecule has 0 saturated carbocycles. The average Bonchev–Trinajstić information content (AvgIpc) is 2.97. The summed E-state index contributed by atoms with van der Waals surface area (Å²) in [5.74, 6) is 3.85. The number of hydrogen-bond donors (Lipinski definition) is 3. The number of carbonyl (C=O) groups is 1. The first-order valence-corrected chi connectivity index (χ1v) is 7.57. The van der Waals surface area contributed by atoms with Crippen LogP contribution in [0.25, 0.3) is 0 Å². The molecule has 1 aliphatic rings. The molecule has 1 atom stereocenters. The summed E-state index contributed by atoms with van der Waals surface area (Å²) in [5.41, 5.74) is 3.23. The van der Waals surface area contributed by atoms with E-state index >= 15 is 0 Å². The number of amides is 1. The fourth-order valence-corrected chi connectivity index (χ4v) is 3.58. The summed E-state index contributed by atoms with van der Waals surface area (Å²) in [6, 6.07) is 3.32. The second-order valence-electron chi connectivity index (χ2n) is 4.88. The molecule has 0 bridgehead atoms. The van der Waals surface area contributed by atoms with Crippen molar-refractivity contribution >= 4 is 23.1 Å². The molecule has 21 heavy (non-hydrogen) atoms. The quantitative estimate of drug-likeness (QED) is 0.601. The molecule has 0 spiro atoms. The van der Waals surface area contributed by atoms with Crippen molar-refractivity contribution in [2.75, 3.05) is 5.43 Å². The molecule has 7 heteroatoms. The second-order valence-corrected chi connectivity index (χ2v) is 5.88. The monoisotopic (exact) mass is 306 g/mol. The van der Waals surface area contributed by atoms with Gasteiger partial charge in [-0.1, -0.05) is 0 Å². The van der Waals surface area contributed by atoms with E-state index in [9.17, 15) is 9.18 Å². The lowest BCUT2D eigenvalue weighted by Gasteiger charge is -2.23. The van der Waals surface area contributed by atoms with Gasteiger partial charge in [0, 0.05) is 11.1 Å². The maximum absolute atomic E-state index is 14.0. The predicted octanol–water partition coefficient (Wildman–Crippen LogP) is 2.38. The number of aryl methyl sites for hydroxylation is 1. The number of halogens is 1. The van der Waals surface area contributed by atoms with Gasteiger partial charge in [0.05, 0.1) is 11.6 Å². The fraction of sp³-hybridized carbons (Fsp3) is 0.286. The first-order chi connectivity index (χ1) is 10.2. The predicted molar refractivity (Wildman–Crippen MR) is 79.5 cm³/mol. The Hall–Kier alpha value is -1.99. The minimum absolute atomic E-state index is 0.0553. The standard InChI is InChI=1S/C14H15FN4OS/c15-12-9(4-6-17-13(12)19-16)14(20)18-10-2-1-3-11-8(10)5-7-21-11/h4-7,10H,1-3,16H2,(H,17,19)(H,18,20). The lowest BCUT2D eigenvalue weighted by atomic mass is 9.94. The summed E-state index contributed by atoms with van der Waals surface area (Å²) < 4.78 is 14.0. The molecule has 1 amide bonds. The van der Waals surface area contributed by atoms with Crippen molar-refractivity contribution in [2.24, 2.45) is 5.84 Å². The number of nitrogens with two attached hydrogens (primary N) is 1. The highest BCUT2D eigenvalue weighted by Gasteiger charge is 2.24. The molecule has 0 aromatic carbocycles. The molecule has 4 N–H and O–H groups in total. The Morgan fingerprint density at radius 3 is 3.14 bits per heavy atom. The van der Waals surface area contributed by atoms with E-state index in [1.165, 1.54) is 17.1 Å². The van der Waals surface area contributed by atoms with Crippen molar-refractivity contribution in [3.8, 4) is 0 Å². The van der Waals surface area contributed by atoms with Crippen LogP contribution in [-0.2, 0) is 6.42 Å². The Bertz CT molecular complexity index is 673. The van der Waals surface area contributed by atoms with Crippen LogP contribution >= 0.6 is 11.3 Å². The Morgan fingerprint density at radius 1 is 1.48 bits per heavy atom. The van der Waals surface area contributed by atoms with Crippen LogP contribution in [0.4, 0.5) is 10.2 Å². The van der Waals surface area contributed by atoms with Crippen LogP contribution in [0.1, 0.15) is 39.7 Å². The molecule has 2 aromatic rings. The number of nitrogens with one attached hydrogen (secondary N) is 2. The third kappa shape index (κ3) is 2.62. The van der Waals surface area contributed by atoms with E-state index < -0.39 is 11.7 Å². The summed E-state index contributed by atoms with van der Waals surface area (Å²) >= 11 is 1.70. The van der Waals surface area contributed by atoms with Crippen molar-refractivity contribution in [3.63, 3.8) is 0 Å². The van der Waals surface area contributed by atoms with E-state index in [2.05, 4.69) is 15.7 Å². The number of pyridine rings is 1. The van der Waals surface area contributed by atoms with Crippen LogP contribution in [-0.4, -0.2) is 10.9 Å². The average molecular weight is 306 g/mol. The normalized spacial score (nSPS) is 17.1. The number of nitrogens with zero attached hydrogens (tertiary/aromatic N) is 1. The summed E-state index contributed by atoms with van der Waals surface area (Å²) in [4.78, 5) is 17.3. The molecule has 2 heterocycles. The Labute approximate surface area is 125 Å². The summed E-state index contributed by atoms with van der Waals surface area (Å²) in [6.45, 7) is 0. The number of carbonyl (C=O) groups excluding carboxylic acids is 1. The molecule has 1 unspecified atom stereocenters. The largest absolute Gasteiger partial charge is 0.345 e. The zero-order valence-electron chi connectivity index (χ0n) is 11.2. The van der Waals surface area contributed by atoms with Gasteiger partial charge in [-0.15, -0.1) is 11.3 Å². The molecule has 0 saturated heterocycles. The number of thiophene rings is 1. The van der Waals surface area contributed by atoms with Gasteiger partial charge in [-0.2, -0.15) is 0 Å². The van der Waals surface area contributed by atoms with Crippen LogP contribution in [0, 0.1) is 5.82 Å². The number of nitrogen functional groups attached to an aromatic ring is 1. The SMILES string of the molecule is NNc1nccc(C(=O)NC2CCCc3sccc32)c1F. The Morgan fingerprint density at radius 2 is 2.33 bits per heavy atom. The van der Waals surface area contributed by atoms with Crippen LogP contribution < -0.4 is 16.6 Å². The number of hydrogen-bond acceptors (Lipinski definition) is 5. The molecular formula is C14H15FN4OS. The topological polar surface area (TPSA) is 80.0 Å². The number of fused-ring (bicyclic) bond motifs is 1. The zero-order valence-corrected chi connectivity index (χ0v) is 12.0. The molecule has 2 aromatic heterocycles. The first-order valence-electron chi connectivity index (χ1n) is 6.69. The van der Waals surface area contributed by atoms with Gasteiger partial charge in [0.1, 0.15) is 0 Å². The van der Waals surface area contributed by atoms with E-state index in [-0.39, 0.29) is 17.4 Å². The Balaban J connectivity index is 1.82. The van der Waals surface area contributed by atoms with Gasteiger partial charge in [-0.3, -0.25) is 4.79 Å². The zero-order chi connectivity index (χ0) is 14.8. The lowest BCUT2D eigenvalue weighted by molar-refractivity contribution is 0.0929. The van der Waals surface area contributed by atoms with E-state index in [0.717, 1.165) is 24.8 Å². The maximum atomic E-state index is 14.0. The lowest BCUT2D eigenvalue weighted by Crippen LogP contribution is -2.31. The smallest absolute Gasteiger partial charge is 0.254 e. The van der Waals surface area contributed by atoms with Crippen molar-refractivity contribution in [1.82, 2.24) is 10.3 Å². The summed E-state index contributed by atoms with van der Waals surface area (Å²) in [7, 11) is 0. The Kier molecular flexibility index (Phi) is 3.85. The number of aromatic nitrogens is 1. The van der Waals surface area contributed by atoms with Crippen LogP contribution in [0.3, 0.4) is 0 Å². The van der Waals surface area contributed by atoms with Gasteiger partial charge in [-0.05, 0) is 42.3 Å². The second kappa shape index (κ2) is 5.79. The molecule has 1 aliphatic carbocycles. The van der Waals surface area contributed by atoms with Crippen molar-refractivity contribution < 1.29 is 9.18 Å². The molecule has 110 valence electrons. The van der Waals surface area contributed by atoms with Gasteiger partial charge in [0.15, 0.2) is 11.6 Å². The first kappa shape index (κ1) is 14.0. The van der Waals surface area contributed by atoms with Crippen molar-refractivity contribution in [1.29, 1.82) is 0 Å². The highest BCUT2D eigenvalue weighted by molar-refractivity contribution is 7.10. The number of rotatable bonds is 3. The minimum Gasteiger partial charge on any atom is -0.345 e. The van der Waals surface area contributed by atoms with Crippen LogP contribution in [0.15, 0.2) is 23.7 Å². The van der Waals surface area contributed by atoms with Crippen LogP contribution in [0.2, 0.25) is 0 Å². The number of hydrazine groups is 1. The third-order valence-electron chi connectivity index (χ3n) is 3.63. The van der Waals surface area contributed by atoms with E-state index in [1.807, 2.05) is 11.4 Å². The van der Waals surface area contributed by atoms with Gasteiger partial charge in [-0.25, -0.2) is 15.2 Å². The minimum atomic E-state index is -0.737. The molecule has 3 rings (SSSR count).